The first kappa shape index (κ1) is 20.9. The molecule has 0 bridgehead atoms. The third kappa shape index (κ3) is 5.23. The van der Waals surface area contributed by atoms with E-state index in [1.807, 2.05) is 61.5 Å². The van der Waals surface area contributed by atoms with Crippen LogP contribution in [-0.4, -0.2) is 10.6 Å². The molecule has 1 aromatic heterocycles. The molecular formula is C26H22N2O4. The van der Waals surface area contributed by atoms with E-state index in [4.69, 9.17) is 9.57 Å². The normalized spacial score (nSPS) is 10.4. The first-order valence-corrected chi connectivity index (χ1v) is 10.1. The SMILES string of the molecule is Cc1cccc(COn2cccc(C(=O)Nc3ccc(Oc4ccccc4)cc3)c2=O)c1. The Bertz CT molecular complexity index is 1270. The molecule has 0 aliphatic rings. The lowest BCUT2D eigenvalue weighted by Crippen LogP contribution is -2.32. The molecule has 0 unspecified atom stereocenters. The lowest BCUT2D eigenvalue weighted by Gasteiger charge is -2.11. The van der Waals surface area contributed by atoms with Gasteiger partial charge in [0.05, 0.1) is 0 Å². The van der Waals surface area contributed by atoms with Crippen LogP contribution in [0.25, 0.3) is 0 Å². The van der Waals surface area contributed by atoms with E-state index in [1.54, 1.807) is 30.3 Å². The standard InChI is InChI=1S/C26H22N2O4/c1-19-7-5-8-20(17-19)18-31-28-16-6-11-24(26(28)30)25(29)27-21-12-14-23(15-13-21)32-22-9-3-2-4-10-22/h2-17H,18H2,1H3,(H,27,29). The Balaban J connectivity index is 1.42. The van der Waals surface area contributed by atoms with E-state index in [0.29, 0.717) is 11.4 Å². The van der Waals surface area contributed by atoms with Crippen molar-refractivity contribution in [2.75, 3.05) is 5.32 Å². The highest BCUT2D eigenvalue weighted by molar-refractivity contribution is 6.03. The Labute approximate surface area is 185 Å². The Hall–Kier alpha value is -4.32. The molecule has 32 heavy (non-hydrogen) atoms. The number of para-hydroxylation sites is 1. The molecular weight excluding hydrogens is 404 g/mol. The molecule has 6 heteroatoms. The zero-order valence-electron chi connectivity index (χ0n) is 17.5. The van der Waals surface area contributed by atoms with Crippen LogP contribution >= 0.6 is 0 Å². The molecule has 0 aliphatic carbocycles. The minimum absolute atomic E-state index is 0.0126. The number of hydrogen-bond donors (Lipinski definition) is 1. The average Bonchev–Trinajstić information content (AvgIpc) is 2.80. The number of nitrogens with one attached hydrogen (secondary N) is 1. The number of rotatable bonds is 7. The van der Waals surface area contributed by atoms with Crippen LogP contribution in [0.15, 0.2) is 102 Å². The Kier molecular flexibility index (Phi) is 6.32. The maximum Gasteiger partial charge on any atom is 0.295 e. The summed E-state index contributed by atoms with van der Waals surface area (Å²) in [6, 6.07) is 27.2. The van der Waals surface area contributed by atoms with Crippen molar-refractivity contribution in [3.63, 3.8) is 0 Å². The fraction of sp³-hybridized carbons (Fsp3) is 0.0769. The van der Waals surface area contributed by atoms with E-state index in [2.05, 4.69) is 5.32 Å². The molecule has 1 amide bonds. The molecule has 6 nitrogen and oxygen atoms in total. The second kappa shape index (κ2) is 9.66. The van der Waals surface area contributed by atoms with Crippen molar-refractivity contribution in [1.82, 2.24) is 4.73 Å². The topological polar surface area (TPSA) is 69.6 Å². The van der Waals surface area contributed by atoms with Gasteiger partial charge < -0.3 is 14.9 Å². The Morgan fingerprint density at radius 3 is 2.38 bits per heavy atom. The lowest BCUT2D eigenvalue weighted by atomic mass is 10.1. The van der Waals surface area contributed by atoms with Gasteiger partial charge in [-0.2, -0.15) is 4.73 Å². The first-order chi connectivity index (χ1) is 15.6. The van der Waals surface area contributed by atoms with E-state index in [9.17, 15) is 9.59 Å². The van der Waals surface area contributed by atoms with Gasteiger partial charge in [-0.05, 0) is 61.0 Å². The largest absolute Gasteiger partial charge is 0.457 e. The number of aromatic nitrogens is 1. The van der Waals surface area contributed by atoms with Crippen molar-refractivity contribution >= 4 is 11.6 Å². The van der Waals surface area contributed by atoms with Crippen molar-refractivity contribution in [3.05, 3.63) is 124 Å². The first-order valence-electron chi connectivity index (χ1n) is 10.1. The quantitative estimate of drug-likeness (QED) is 0.460. The molecule has 0 spiro atoms. The fourth-order valence-electron chi connectivity index (χ4n) is 3.12. The van der Waals surface area contributed by atoms with Gasteiger partial charge in [0.2, 0.25) is 0 Å². The molecule has 0 saturated carbocycles. The summed E-state index contributed by atoms with van der Waals surface area (Å²) in [6.45, 7) is 2.20. The summed E-state index contributed by atoms with van der Waals surface area (Å²) in [7, 11) is 0. The molecule has 0 aliphatic heterocycles. The predicted octanol–water partition coefficient (Wildman–Crippen LogP) is 4.83. The highest BCUT2D eigenvalue weighted by Gasteiger charge is 2.13. The van der Waals surface area contributed by atoms with Gasteiger partial charge in [0.15, 0.2) is 0 Å². The van der Waals surface area contributed by atoms with Gasteiger partial charge in [0.25, 0.3) is 11.5 Å². The number of carbonyl (C=O) groups is 1. The van der Waals surface area contributed by atoms with Crippen LogP contribution in [0.2, 0.25) is 0 Å². The summed E-state index contributed by atoms with van der Waals surface area (Å²) in [5.41, 5.74) is 2.05. The van der Waals surface area contributed by atoms with Gasteiger partial charge in [0, 0.05) is 11.9 Å². The van der Waals surface area contributed by atoms with Gasteiger partial charge in [-0.25, -0.2) is 0 Å². The van der Waals surface area contributed by atoms with E-state index in [1.165, 1.54) is 12.3 Å². The minimum Gasteiger partial charge on any atom is -0.457 e. The van der Waals surface area contributed by atoms with Crippen molar-refractivity contribution in [2.45, 2.75) is 13.5 Å². The number of anilines is 1. The molecule has 0 saturated heterocycles. The number of benzene rings is 3. The highest BCUT2D eigenvalue weighted by Crippen LogP contribution is 2.22. The van der Waals surface area contributed by atoms with Crippen molar-refractivity contribution < 1.29 is 14.4 Å². The predicted molar refractivity (Wildman–Crippen MR) is 123 cm³/mol. The summed E-state index contributed by atoms with van der Waals surface area (Å²) < 4.78 is 6.82. The van der Waals surface area contributed by atoms with Crippen LogP contribution < -0.4 is 20.5 Å². The summed E-state index contributed by atoms with van der Waals surface area (Å²) in [6.07, 6.45) is 1.49. The van der Waals surface area contributed by atoms with Gasteiger partial charge in [0.1, 0.15) is 23.7 Å². The zero-order chi connectivity index (χ0) is 22.3. The highest BCUT2D eigenvalue weighted by atomic mass is 16.7. The van der Waals surface area contributed by atoms with Gasteiger partial charge in [-0.3, -0.25) is 9.59 Å². The van der Waals surface area contributed by atoms with Gasteiger partial charge in [-0.15, -0.1) is 0 Å². The molecule has 0 radical (unpaired) electrons. The third-order valence-corrected chi connectivity index (χ3v) is 4.70. The minimum atomic E-state index is -0.526. The summed E-state index contributed by atoms with van der Waals surface area (Å²) in [5.74, 6) is 0.848. The number of aryl methyl sites for hydroxylation is 1. The van der Waals surface area contributed by atoms with Gasteiger partial charge in [-0.1, -0.05) is 48.0 Å². The molecule has 160 valence electrons. The number of amides is 1. The smallest absolute Gasteiger partial charge is 0.295 e. The Morgan fingerprint density at radius 2 is 1.62 bits per heavy atom. The van der Waals surface area contributed by atoms with Crippen molar-refractivity contribution in [3.8, 4) is 11.5 Å². The van der Waals surface area contributed by atoms with Crippen LogP contribution in [0, 0.1) is 6.92 Å². The third-order valence-electron chi connectivity index (χ3n) is 4.70. The van der Waals surface area contributed by atoms with E-state index in [0.717, 1.165) is 21.6 Å². The second-order valence-corrected chi connectivity index (χ2v) is 7.21. The molecule has 1 heterocycles. The lowest BCUT2D eigenvalue weighted by molar-refractivity contribution is 0.0863. The van der Waals surface area contributed by atoms with E-state index < -0.39 is 11.5 Å². The summed E-state index contributed by atoms with van der Waals surface area (Å²) in [4.78, 5) is 31.0. The molecule has 4 aromatic rings. The Morgan fingerprint density at radius 1 is 0.875 bits per heavy atom. The summed E-state index contributed by atoms with van der Waals surface area (Å²) in [5, 5.41) is 2.74. The van der Waals surface area contributed by atoms with Crippen molar-refractivity contribution in [1.29, 1.82) is 0 Å². The molecule has 3 aromatic carbocycles. The van der Waals surface area contributed by atoms with Crippen LogP contribution in [0.5, 0.6) is 11.5 Å². The monoisotopic (exact) mass is 426 g/mol. The van der Waals surface area contributed by atoms with Crippen LogP contribution in [-0.2, 0) is 6.61 Å². The van der Waals surface area contributed by atoms with Crippen LogP contribution in [0.3, 0.4) is 0 Å². The number of hydrogen-bond acceptors (Lipinski definition) is 4. The van der Waals surface area contributed by atoms with Gasteiger partial charge >= 0.3 is 0 Å². The number of pyridine rings is 1. The number of nitrogens with zero attached hydrogens (tertiary/aromatic N) is 1. The zero-order valence-corrected chi connectivity index (χ0v) is 17.5. The van der Waals surface area contributed by atoms with E-state index in [-0.39, 0.29) is 12.2 Å². The molecule has 4 rings (SSSR count). The fourth-order valence-corrected chi connectivity index (χ4v) is 3.12. The second-order valence-electron chi connectivity index (χ2n) is 7.21. The molecule has 0 fully saturated rings. The van der Waals surface area contributed by atoms with E-state index >= 15 is 0 Å². The molecule has 0 atom stereocenters. The molecule has 1 N–H and O–H groups in total. The number of carbonyl (C=O) groups excluding carboxylic acids is 1. The number of ether oxygens (including phenoxy) is 1. The van der Waals surface area contributed by atoms with Crippen LogP contribution in [0.1, 0.15) is 21.5 Å². The van der Waals surface area contributed by atoms with Crippen LogP contribution in [0.4, 0.5) is 5.69 Å². The maximum atomic E-state index is 12.7. The average molecular weight is 426 g/mol. The maximum absolute atomic E-state index is 12.7. The summed E-state index contributed by atoms with van der Waals surface area (Å²) >= 11 is 0. The van der Waals surface area contributed by atoms with Crippen molar-refractivity contribution in [2.24, 2.45) is 0 Å².